The Balaban J connectivity index is 0.000000279. The number of hydrogen-bond donors (Lipinski definition) is 4. The zero-order valence-electron chi connectivity index (χ0n) is 61.9. The van der Waals surface area contributed by atoms with E-state index >= 15 is 0 Å². The van der Waals surface area contributed by atoms with E-state index < -0.39 is 168 Å². The molecule has 13 atom stereocenters. The number of alkyl halides is 12. The van der Waals surface area contributed by atoms with Crippen molar-refractivity contribution in [2.45, 2.75) is 311 Å². The summed E-state index contributed by atoms with van der Waals surface area (Å²) < 4.78 is 302. The summed E-state index contributed by atoms with van der Waals surface area (Å²) >= 11 is 1.70. The first-order valence-electron chi connectivity index (χ1n) is 36.7. The van der Waals surface area contributed by atoms with E-state index in [1.165, 1.54) is 75.6 Å². The van der Waals surface area contributed by atoms with Crippen molar-refractivity contribution >= 4 is 76.1 Å². The molecular weight excluding hydrogens is 1620 g/mol. The third-order valence-electron chi connectivity index (χ3n) is 20.8. The van der Waals surface area contributed by atoms with Crippen LogP contribution in [0, 0.1) is 29.6 Å². The summed E-state index contributed by atoms with van der Waals surface area (Å²) in [5, 5.41) is 17.2. The molecule has 4 saturated heterocycles. The largest absolute Gasteiger partial charge is 0.743 e. The molecule has 10 fully saturated rings. The van der Waals surface area contributed by atoms with Crippen molar-refractivity contribution in [1.82, 2.24) is 0 Å². The summed E-state index contributed by atoms with van der Waals surface area (Å²) in [6.45, 7) is 4.82. The number of carbonyl (C=O) groups excluding carboxylic acids is 4. The number of hydrogen-bond acceptors (Lipinski definition) is 26. The summed E-state index contributed by atoms with van der Waals surface area (Å²) in [6.07, 6.45) is 8.76. The summed E-state index contributed by atoms with van der Waals surface area (Å²) in [5.41, 5.74) is -1.09. The second-order valence-corrected chi connectivity index (χ2v) is 38.0. The molecule has 0 amide bonds. The second-order valence-electron chi connectivity index (χ2n) is 30.6. The minimum absolute atomic E-state index is 0.00332. The molecule has 4 N–H and O–H groups in total. The van der Waals surface area contributed by atoms with Crippen LogP contribution < -0.4 is 0 Å². The number of halogens is 12. The molecule has 646 valence electrons. The van der Waals surface area contributed by atoms with Gasteiger partial charge in [0.05, 0.1) is 84.4 Å². The van der Waals surface area contributed by atoms with E-state index in [2.05, 4.69) is 9.47 Å². The van der Waals surface area contributed by atoms with Crippen LogP contribution in [0.15, 0.2) is 30.3 Å². The molecular formula is C69H102F12O25S5-4. The molecule has 10 aliphatic rings. The molecule has 6 bridgehead atoms. The van der Waals surface area contributed by atoms with Crippen LogP contribution in [-0.2, 0) is 78.5 Å². The van der Waals surface area contributed by atoms with Gasteiger partial charge >= 0.3 is 44.9 Å². The zero-order chi connectivity index (χ0) is 84.2. The van der Waals surface area contributed by atoms with Gasteiger partial charge in [-0.1, -0.05) is 76.0 Å². The van der Waals surface area contributed by atoms with Crippen LogP contribution >= 0.6 is 11.8 Å². The zero-order valence-corrected chi connectivity index (χ0v) is 66.0. The fourth-order valence-electron chi connectivity index (χ4n) is 14.2. The van der Waals surface area contributed by atoms with Crippen LogP contribution in [0.2, 0.25) is 0 Å². The molecule has 42 heteroatoms. The summed E-state index contributed by atoms with van der Waals surface area (Å²) in [5.74, 6) is -3.01. The van der Waals surface area contributed by atoms with Crippen LogP contribution in [-0.4, -0.2) is 213 Å². The van der Waals surface area contributed by atoms with E-state index in [1.54, 1.807) is 17.8 Å². The van der Waals surface area contributed by atoms with Gasteiger partial charge in [0.2, 0.25) is 0 Å². The Bertz CT molecular complexity index is 3250. The maximum Gasteiger partial charge on any atom is 0.364 e. The van der Waals surface area contributed by atoms with Gasteiger partial charge < -0.3 is 62.3 Å². The number of fused-ring (bicyclic) bond motifs is 6. The molecule has 0 aromatic heterocycles. The van der Waals surface area contributed by atoms with Gasteiger partial charge in [-0.25, -0.2) is 56.0 Å². The molecule has 6 aliphatic carbocycles. The lowest BCUT2D eigenvalue weighted by atomic mass is 9.89. The summed E-state index contributed by atoms with van der Waals surface area (Å²) in [7, 11) is -24.3. The third-order valence-corrected chi connectivity index (χ3v) is 26.3. The number of ether oxygens (including phenoxy) is 5. The van der Waals surface area contributed by atoms with Crippen LogP contribution in [0.5, 0.6) is 0 Å². The van der Waals surface area contributed by atoms with Crippen molar-refractivity contribution in [2.75, 3.05) is 26.4 Å². The molecule has 4 heterocycles. The molecule has 0 spiro atoms. The Morgan fingerprint density at radius 2 is 0.784 bits per heavy atom. The first-order valence-corrected chi connectivity index (χ1v) is 43.3. The molecule has 0 radical (unpaired) electrons. The van der Waals surface area contributed by atoms with Crippen molar-refractivity contribution in [3.05, 3.63) is 35.9 Å². The first kappa shape index (κ1) is 99.4. The van der Waals surface area contributed by atoms with Gasteiger partial charge in [0.15, 0.2) is 65.2 Å². The van der Waals surface area contributed by atoms with Crippen molar-refractivity contribution in [3.63, 3.8) is 0 Å². The highest BCUT2D eigenvalue weighted by atomic mass is 32.2. The van der Waals surface area contributed by atoms with Gasteiger partial charge in [0, 0.05) is 36.2 Å². The highest BCUT2D eigenvalue weighted by Crippen LogP contribution is 2.51. The summed E-state index contributed by atoms with van der Waals surface area (Å²) in [4.78, 5) is 46.5. The van der Waals surface area contributed by atoms with Crippen LogP contribution in [0.4, 0.5) is 52.7 Å². The fraction of sp³-hybridized carbons (Fsp3) is 0.855. The predicted octanol–water partition coefficient (Wildman–Crippen LogP) is 11.4. The number of esters is 4. The number of aliphatic hydroxyl groups is 4. The Morgan fingerprint density at radius 1 is 0.450 bits per heavy atom. The van der Waals surface area contributed by atoms with Gasteiger partial charge in [0.25, 0.3) is 0 Å². The van der Waals surface area contributed by atoms with E-state index in [-0.39, 0.29) is 63.2 Å². The van der Waals surface area contributed by atoms with Crippen molar-refractivity contribution in [3.8, 4) is 0 Å². The SMILES string of the molecule is CC1(O)CCCC1.CC1(O)CCCC1.CC1(O)CCCC1.CC1(O)CCCC1.O=C(OCCC(F)C(F)(F)S(=O)(=O)[O-])C1CC2CCC1C2.O=C(OCCC(F)C(F)(F)S(=O)(=O)[O-])C1CC2CCC1O2.O=C(OCCC(F)C(F)(F)S(=O)(=O)[O-])C1CC2CCC1S2.O=C(OCCC(F)C(F)(F)S(=O)(=O)[O-])c1ccccc1. The highest BCUT2D eigenvalue weighted by molar-refractivity contribution is 8.01. The van der Waals surface area contributed by atoms with Gasteiger partial charge in [-0.3, -0.25) is 14.4 Å². The molecule has 1 aromatic carbocycles. The fourth-order valence-corrected chi connectivity index (χ4v) is 17.7. The van der Waals surface area contributed by atoms with Gasteiger partial charge in [-0.05, 0) is 161 Å². The molecule has 6 saturated carbocycles. The Morgan fingerprint density at radius 3 is 1.04 bits per heavy atom. The minimum atomic E-state index is -6.10. The Labute approximate surface area is 643 Å². The van der Waals surface area contributed by atoms with E-state index in [1.807, 2.05) is 27.7 Å². The van der Waals surface area contributed by atoms with Crippen LogP contribution in [0.1, 0.15) is 231 Å². The first-order chi connectivity index (χ1) is 50.9. The normalized spacial score (nSPS) is 26.9. The average Bonchev–Trinajstić information content (AvgIpc) is 1.79. The molecule has 13 unspecified atom stereocenters. The molecule has 25 nitrogen and oxygen atoms in total. The van der Waals surface area contributed by atoms with Crippen LogP contribution in [0.3, 0.4) is 0 Å². The number of thioether (sulfide) groups is 1. The predicted molar refractivity (Wildman–Crippen MR) is 370 cm³/mol. The lowest BCUT2D eigenvalue weighted by Crippen LogP contribution is -2.39. The van der Waals surface area contributed by atoms with Gasteiger partial charge in [-0.2, -0.15) is 46.9 Å². The maximum atomic E-state index is 13.1. The monoisotopic (exact) mass is 1720 g/mol. The molecule has 1 aromatic rings. The van der Waals surface area contributed by atoms with Crippen molar-refractivity contribution in [1.29, 1.82) is 0 Å². The number of benzene rings is 1. The van der Waals surface area contributed by atoms with E-state index in [0.717, 1.165) is 89.9 Å². The highest BCUT2D eigenvalue weighted by Gasteiger charge is 2.52. The summed E-state index contributed by atoms with van der Waals surface area (Å²) in [6, 6.07) is 7.49. The van der Waals surface area contributed by atoms with Crippen molar-refractivity contribution in [2.24, 2.45) is 29.6 Å². The number of carbonyl (C=O) groups is 4. The number of rotatable bonds is 24. The van der Waals surface area contributed by atoms with Gasteiger partial charge in [-0.15, -0.1) is 0 Å². The Kier molecular flexibility index (Phi) is 37.6. The van der Waals surface area contributed by atoms with E-state index in [0.29, 0.717) is 36.9 Å². The standard InChI is InChI=1S/C12H17F3O5S.C11H15F3O6S.C11H15F3O5S2.C11H11F3O5S.4C6H12O/c13-10(12(14,15)21(17,18)19)3-4-20-11(16)9-6-7-1-2-8(9)5-7;2*12-9(11(13,14)21(16,17)18)3-4-19-10(15)7-5-6-1-2-8(7)20-6;12-9(11(13,14)20(16,17)18)6-7-19-10(15)8-4-2-1-3-5-8;4*1-6(7)4-2-3-5-6/h7-10H,1-6H2,(H,17,18,19);2*6-9H,1-5H2,(H,16,17,18);1-5,9H,6-7H2,(H,16,17,18);4*7H,2-5H2,1H3/p-4. The second kappa shape index (κ2) is 41.9. The lowest BCUT2D eigenvalue weighted by molar-refractivity contribution is -0.152. The average molecular weight is 1720 g/mol. The van der Waals surface area contributed by atoms with E-state index in [9.17, 15) is 144 Å². The Hall–Kier alpha value is -3.95. The van der Waals surface area contributed by atoms with Gasteiger partial charge in [0.1, 0.15) is 0 Å². The van der Waals surface area contributed by atoms with Crippen molar-refractivity contribution < 1.29 is 168 Å². The minimum Gasteiger partial charge on any atom is -0.743 e. The molecule has 4 aliphatic heterocycles. The quantitative estimate of drug-likeness (QED) is 0.0323. The maximum absolute atomic E-state index is 13.1. The molecule has 11 rings (SSSR count). The smallest absolute Gasteiger partial charge is 0.364 e. The lowest BCUT2D eigenvalue weighted by Gasteiger charge is -2.24. The third kappa shape index (κ3) is 31.5. The molecule has 111 heavy (non-hydrogen) atoms. The van der Waals surface area contributed by atoms with Crippen LogP contribution in [0.25, 0.3) is 0 Å². The van der Waals surface area contributed by atoms with E-state index in [4.69, 9.17) is 14.2 Å². The topological polar surface area (TPSA) is 424 Å².